The molecule has 0 spiro atoms. The molecule has 20 heavy (non-hydrogen) atoms. The van der Waals surface area contributed by atoms with Gasteiger partial charge in [-0.05, 0) is 56.6 Å². The fourth-order valence-corrected chi connectivity index (χ4v) is 3.61. The van der Waals surface area contributed by atoms with Crippen LogP contribution in [0.25, 0.3) is 0 Å². The van der Waals surface area contributed by atoms with Crippen molar-refractivity contribution in [2.45, 2.75) is 51.2 Å². The van der Waals surface area contributed by atoms with Crippen LogP contribution in [0.2, 0.25) is 0 Å². The number of hydroxylamine groups is 2. The molecule has 1 aromatic rings. The van der Waals surface area contributed by atoms with Crippen LogP contribution >= 0.6 is 0 Å². The molecule has 0 saturated carbocycles. The Morgan fingerprint density at radius 2 is 2.10 bits per heavy atom. The zero-order chi connectivity index (χ0) is 14.2. The fourth-order valence-electron chi connectivity index (χ4n) is 3.61. The third-order valence-corrected chi connectivity index (χ3v) is 4.85. The molecule has 3 rings (SSSR count). The predicted molar refractivity (Wildman–Crippen MR) is 78.8 cm³/mol. The lowest BCUT2D eigenvalue weighted by Crippen LogP contribution is -2.48. The van der Waals surface area contributed by atoms with Gasteiger partial charge < -0.3 is 9.94 Å². The van der Waals surface area contributed by atoms with Crippen LogP contribution in [-0.4, -0.2) is 29.0 Å². The quantitative estimate of drug-likeness (QED) is 0.915. The van der Waals surface area contributed by atoms with Crippen molar-refractivity contribution in [3.05, 3.63) is 35.4 Å². The molecule has 1 aliphatic carbocycles. The van der Waals surface area contributed by atoms with Crippen LogP contribution in [0.4, 0.5) is 0 Å². The van der Waals surface area contributed by atoms with E-state index in [9.17, 15) is 5.21 Å². The van der Waals surface area contributed by atoms with Gasteiger partial charge in [0.2, 0.25) is 0 Å². The van der Waals surface area contributed by atoms with Crippen molar-refractivity contribution in [1.82, 2.24) is 5.06 Å². The summed E-state index contributed by atoms with van der Waals surface area (Å²) in [5.41, 5.74) is 2.70. The second-order valence-electron chi connectivity index (χ2n) is 6.85. The molecule has 2 atom stereocenters. The van der Waals surface area contributed by atoms with Gasteiger partial charge >= 0.3 is 0 Å². The second-order valence-corrected chi connectivity index (χ2v) is 6.85. The molecule has 3 heteroatoms. The molecule has 1 saturated heterocycles. The second kappa shape index (κ2) is 5.47. The minimum Gasteiger partial charge on any atom is -0.373 e. The molecule has 0 bridgehead atoms. The third-order valence-electron chi connectivity index (χ3n) is 4.85. The lowest BCUT2D eigenvalue weighted by atomic mass is 9.84. The molecule has 1 heterocycles. The average Bonchev–Trinajstić information content (AvgIpc) is 2.83. The first-order valence-corrected chi connectivity index (χ1v) is 7.72. The van der Waals surface area contributed by atoms with Crippen LogP contribution in [0.1, 0.15) is 50.3 Å². The highest BCUT2D eigenvalue weighted by atomic mass is 16.5. The van der Waals surface area contributed by atoms with Gasteiger partial charge in [0.1, 0.15) is 0 Å². The Morgan fingerprint density at radius 3 is 2.90 bits per heavy atom. The van der Waals surface area contributed by atoms with Gasteiger partial charge in [-0.3, -0.25) is 0 Å². The summed E-state index contributed by atoms with van der Waals surface area (Å²) in [7, 11) is 0. The Balaban J connectivity index is 1.56. The number of piperidine rings is 1. The summed E-state index contributed by atoms with van der Waals surface area (Å²) < 4.78 is 6.20. The van der Waals surface area contributed by atoms with E-state index in [1.54, 1.807) is 0 Å². The summed E-state index contributed by atoms with van der Waals surface area (Å²) in [6.45, 7) is 5.77. The molecule has 3 nitrogen and oxygen atoms in total. The van der Waals surface area contributed by atoms with Crippen molar-refractivity contribution in [2.24, 2.45) is 5.92 Å². The first-order chi connectivity index (χ1) is 9.56. The molecule has 0 aromatic heterocycles. The SMILES string of the molecule is CC1(C)CC(COC2CCc3ccccc32)CCN1O. The number of hydrogen-bond donors (Lipinski definition) is 1. The zero-order valence-corrected chi connectivity index (χ0v) is 12.5. The summed E-state index contributed by atoms with van der Waals surface area (Å²) in [6, 6.07) is 8.63. The van der Waals surface area contributed by atoms with Crippen LogP contribution in [0.15, 0.2) is 24.3 Å². The normalized spacial score (nSPS) is 29.4. The number of fused-ring (bicyclic) bond motifs is 1. The molecule has 1 N–H and O–H groups in total. The van der Waals surface area contributed by atoms with Gasteiger partial charge in [0, 0.05) is 12.1 Å². The van der Waals surface area contributed by atoms with Crippen molar-refractivity contribution in [3.63, 3.8) is 0 Å². The Hall–Kier alpha value is -0.900. The Kier molecular flexibility index (Phi) is 3.85. The zero-order valence-electron chi connectivity index (χ0n) is 12.5. The number of benzene rings is 1. The maximum Gasteiger partial charge on any atom is 0.0830 e. The lowest BCUT2D eigenvalue weighted by Gasteiger charge is -2.41. The molecule has 1 fully saturated rings. The Labute approximate surface area is 121 Å². The minimum absolute atomic E-state index is 0.125. The highest BCUT2D eigenvalue weighted by molar-refractivity contribution is 5.33. The molecule has 1 aliphatic heterocycles. The lowest BCUT2D eigenvalue weighted by molar-refractivity contribution is -0.191. The molecule has 2 unspecified atom stereocenters. The molecule has 110 valence electrons. The molecular formula is C17H25NO2. The van der Waals surface area contributed by atoms with E-state index in [1.165, 1.54) is 16.2 Å². The van der Waals surface area contributed by atoms with Crippen LogP contribution in [0, 0.1) is 5.92 Å². The van der Waals surface area contributed by atoms with Gasteiger partial charge in [-0.25, -0.2) is 0 Å². The highest BCUT2D eigenvalue weighted by Crippen LogP contribution is 2.36. The standard InChI is InChI=1S/C17H25NO2/c1-17(2)11-13(9-10-18(17)19)12-20-16-8-7-14-5-3-4-6-15(14)16/h3-6,13,16,19H,7-12H2,1-2H3. The van der Waals surface area contributed by atoms with E-state index in [-0.39, 0.29) is 11.6 Å². The van der Waals surface area contributed by atoms with Gasteiger partial charge in [-0.15, -0.1) is 0 Å². The van der Waals surface area contributed by atoms with E-state index in [0.717, 1.165) is 38.8 Å². The van der Waals surface area contributed by atoms with Crippen molar-refractivity contribution in [3.8, 4) is 0 Å². The van der Waals surface area contributed by atoms with Crippen molar-refractivity contribution in [1.29, 1.82) is 0 Å². The smallest absolute Gasteiger partial charge is 0.0830 e. The van der Waals surface area contributed by atoms with E-state index >= 15 is 0 Å². The molecule has 0 radical (unpaired) electrons. The fraction of sp³-hybridized carbons (Fsp3) is 0.647. The van der Waals surface area contributed by atoms with E-state index in [2.05, 4.69) is 38.1 Å². The summed E-state index contributed by atoms with van der Waals surface area (Å²) in [5.74, 6) is 0.557. The van der Waals surface area contributed by atoms with Gasteiger partial charge in [0.05, 0.1) is 12.7 Å². The Morgan fingerprint density at radius 1 is 1.30 bits per heavy atom. The number of ether oxygens (including phenoxy) is 1. The third kappa shape index (κ3) is 2.76. The number of aryl methyl sites for hydroxylation is 1. The van der Waals surface area contributed by atoms with Gasteiger partial charge in [-0.2, -0.15) is 5.06 Å². The van der Waals surface area contributed by atoms with Gasteiger partial charge in [0.25, 0.3) is 0 Å². The topological polar surface area (TPSA) is 32.7 Å². The molecule has 0 amide bonds. The van der Waals surface area contributed by atoms with Crippen molar-refractivity contribution in [2.75, 3.05) is 13.2 Å². The van der Waals surface area contributed by atoms with E-state index in [4.69, 9.17) is 4.74 Å². The number of hydrogen-bond acceptors (Lipinski definition) is 3. The monoisotopic (exact) mass is 275 g/mol. The summed E-state index contributed by atoms with van der Waals surface area (Å²) in [4.78, 5) is 0. The Bertz CT molecular complexity index is 472. The van der Waals surface area contributed by atoms with E-state index in [1.807, 2.05) is 0 Å². The minimum atomic E-state index is -0.125. The molecule has 2 aliphatic rings. The number of nitrogens with zero attached hydrogens (tertiary/aromatic N) is 1. The maximum absolute atomic E-state index is 9.86. The van der Waals surface area contributed by atoms with Crippen LogP contribution in [0.5, 0.6) is 0 Å². The summed E-state index contributed by atoms with van der Waals surface area (Å²) >= 11 is 0. The maximum atomic E-state index is 9.86. The van der Waals surface area contributed by atoms with E-state index in [0.29, 0.717) is 5.92 Å². The van der Waals surface area contributed by atoms with Gasteiger partial charge in [-0.1, -0.05) is 24.3 Å². The number of rotatable bonds is 3. The molecular weight excluding hydrogens is 250 g/mol. The van der Waals surface area contributed by atoms with Gasteiger partial charge in [0.15, 0.2) is 0 Å². The van der Waals surface area contributed by atoms with E-state index < -0.39 is 0 Å². The van der Waals surface area contributed by atoms with Crippen LogP contribution in [0.3, 0.4) is 0 Å². The van der Waals surface area contributed by atoms with Crippen molar-refractivity contribution >= 4 is 0 Å². The molecule has 1 aromatic carbocycles. The van der Waals surface area contributed by atoms with Crippen molar-refractivity contribution < 1.29 is 9.94 Å². The predicted octanol–water partition coefficient (Wildman–Crippen LogP) is 3.57. The van der Waals surface area contributed by atoms with Crippen LogP contribution in [-0.2, 0) is 11.2 Å². The average molecular weight is 275 g/mol. The summed E-state index contributed by atoms with van der Waals surface area (Å²) in [6.07, 6.45) is 4.55. The largest absolute Gasteiger partial charge is 0.373 e. The first-order valence-electron chi connectivity index (χ1n) is 7.72. The summed E-state index contributed by atoms with van der Waals surface area (Å²) in [5, 5.41) is 11.3. The first kappa shape index (κ1) is 14.1. The highest BCUT2D eigenvalue weighted by Gasteiger charge is 2.34. The van der Waals surface area contributed by atoms with Crippen LogP contribution < -0.4 is 0 Å².